The molecule has 6 heteroatoms. The van der Waals surface area contributed by atoms with E-state index in [0.29, 0.717) is 13.2 Å². The molecule has 0 aromatic heterocycles. The third-order valence-electron chi connectivity index (χ3n) is 2.60. The van der Waals surface area contributed by atoms with E-state index in [1.165, 1.54) is 0 Å². The molecule has 0 heterocycles. The van der Waals surface area contributed by atoms with E-state index in [9.17, 15) is 4.57 Å². The Balaban J connectivity index is 4.99. The Bertz CT molecular complexity index is 279. The summed E-state index contributed by atoms with van der Waals surface area (Å²) in [5.41, 5.74) is 0. The summed E-state index contributed by atoms with van der Waals surface area (Å²) in [4.78, 5) is 0. The van der Waals surface area contributed by atoms with Gasteiger partial charge in [-0.05, 0) is 38.9 Å². The van der Waals surface area contributed by atoms with Crippen molar-refractivity contribution in [2.75, 3.05) is 13.2 Å². The summed E-state index contributed by atoms with van der Waals surface area (Å²) in [5.74, 6) is -0.410. The molecule has 4 nitrogen and oxygen atoms in total. The van der Waals surface area contributed by atoms with Crippen LogP contribution in [0, 0.1) is 0 Å². The Morgan fingerprint density at radius 2 is 1.45 bits per heavy atom. The van der Waals surface area contributed by atoms with E-state index in [1.807, 2.05) is 13.8 Å². The van der Waals surface area contributed by atoms with E-state index in [-0.39, 0.29) is 0 Å². The first-order valence-electron chi connectivity index (χ1n) is 7.85. The molecule has 20 heavy (non-hydrogen) atoms. The van der Waals surface area contributed by atoms with Crippen molar-refractivity contribution in [3.63, 3.8) is 0 Å². The van der Waals surface area contributed by atoms with Gasteiger partial charge in [0.25, 0.3) is 0 Å². The molecule has 0 fully saturated rings. The molecule has 0 aliphatic heterocycles. The molecule has 0 saturated carbocycles. The minimum absolute atomic E-state index is 0.410. The van der Waals surface area contributed by atoms with Gasteiger partial charge >= 0.3 is 7.60 Å². The van der Waals surface area contributed by atoms with Gasteiger partial charge in [-0.1, -0.05) is 33.6 Å². The van der Waals surface area contributed by atoms with E-state index in [0.717, 1.165) is 32.1 Å². The second-order valence-electron chi connectivity index (χ2n) is 6.03. The molecular weight excluding hydrogens is 291 g/mol. The zero-order valence-corrected chi connectivity index (χ0v) is 16.0. The van der Waals surface area contributed by atoms with Crippen molar-refractivity contribution < 1.29 is 18.0 Å². The molecule has 0 N–H and O–H groups in total. The second kappa shape index (κ2) is 10.1. The van der Waals surface area contributed by atoms with Crippen LogP contribution in [0.25, 0.3) is 0 Å². The van der Waals surface area contributed by atoms with Gasteiger partial charge in [-0.3, -0.25) is 4.57 Å². The average Bonchev–Trinajstić information content (AvgIpc) is 2.37. The van der Waals surface area contributed by atoms with E-state index < -0.39 is 21.8 Å². The summed E-state index contributed by atoms with van der Waals surface area (Å²) in [5, 5.41) is 0. The number of hydrogen-bond acceptors (Lipinski definition) is 4. The zero-order valence-electron chi connectivity index (χ0n) is 14.1. The highest BCUT2D eigenvalue weighted by Gasteiger charge is 2.39. The van der Waals surface area contributed by atoms with Crippen molar-refractivity contribution in [2.24, 2.45) is 0 Å². The fourth-order valence-corrected chi connectivity index (χ4v) is 5.89. The van der Waals surface area contributed by atoms with Crippen LogP contribution in [-0.2, 0) is 18.0 Å². The molecule has 1 atom stereocenters. The van der Waals surface area contributed by atoms with Crippen LogP contribution in [0.1, 0.15) is 52.9 Å². The van der Waals surface area contributed by atoms with Crippen LogP contribution >= 0.6 is 7.60 Å². The largest absolute Gasteiger partial charge is 0.404 e. The van der Waals surface area contributed by atoms with Crippen molar-refractivity contribution in [1.29, 1.82) is 0 Å². The third kappa shape index (κ3) is 8.58. The topological polar surface area (TPSA) is 44.8 Å². The Morgan fingerprint density at radius 3 is 1.80 bits per heavy atom. The summed E-state index contributed by atoms with van der Waals surface area (Å²) in [6.07, 6.45) is 4.42. The van der Waals surface area contributed by atoms with E-state index in [1.54, 1.807) is 0 Å². The van der Waals surface area contributed by atoms with Gasteiger partial charge in [-0.15, -0.1) is 0 Å². The highest BCUT2D eigenvalue weighted by atomic mass is 31.2. The van der Waals surface area contributed by atoms with Crippen molar-refractivity contribution in [3.8, 4) is 0 Å². The van der Waals surface area contributed by atoms with Gasteiger partial charge in [0.2, 0.25) is 0 Å². The first-order valence-corrected chi connectivity index (χ1v) is 12.9. The van der Waals surface area contributed by atoms with Gasteiger partial charge in [-0.2, -0.15) is 0 Å². The van der Waals surface area contributed by atoms with Gasteiger partial charge in [0.15, 0.2) is 8.32 Å². The molecule has 0 aliphatic rings. The van der Waals surface area contributed by atoms with E-state index in [4.69, 9.17) is 13.5 Å². The highest BCUT2D eigenvalue weighted by molar-refractivity contribution is 7.54. The molecule has 0 aromatic rings. The molecular formula is C14H33O4PSi. The van der Waals surface area contributed by atoms with E-state index in [2.05, 4.69) is 26.6 Å². The summed E-state index contributed by atoms with van der Waals surface area (Å²) < 4.78 is 30.4. The van der Waals surface area contributed by atoms with Crippen LogP contribution in [0.3, 0.4) is 0 Å². The normalized spacial score (nSPS) is 14.5. The summed E-state index contributed by atoms with van der Waals surface area (Å²) >= 11 is 0. The van der Waals surface area contributed by atoms with Crippen LogP contribution in [0.2, 0.25) is 19.6 Å². The predicted octanol–water partition coefficient (Wildman–Crippen LogP) is 5.40. The first kappa shape index (κ1) is 20.3. The maximum Gasteiger partial charge on any atom is 0.357 e. The Kier molecular flexibility index (Phi) is 10.3. The van der Waals surface area contributed by atoms with Gasteiger partial charge in [0.05, 0.1) is 13.2 Å². The minimum Gasteiger partial charge on any atom is -0.404 e. The van der Waals surface area contributed by atoms with Crippen LogP contribution in [-0.4, -0.2) is 27.4 Å². The van der Waals surface area contributed by atoms with Crippen molar-refractivity contribution in [1.82, 2.24) is 0 Å². The predicted molar refractivity (Wildman–Crippen MR) is 87.8 cm³/mol. The van der Waals surface area contributed by atoms with Crippen molar-refractivity contribution in [2.45, 2.75) is 78.4 Å². The van der Waals surface area contributed by atoms with Crippen molar-refractivity contribution in [3.05, 3.63) is 0 Å². The zero-order chi connectivity index (χ0) is 15.6. The smallest absolute Gasteiger partial charge is 0.357 e. The molecule has 0 aromatic carbocycles. The Labute approximate surface area is 126 Å². The number of unbranched alkanes of at least 4 members (excludes halogenated alkanes) is 1. The first-order chi connectivity index (χ1) is 9.29. The SMILES string of the molecule is CCCCC(O[Si](C)(C)C)P(=O)(OCCC)OCCC. The number of rotatable bonds is 12. The number of hydrogen-bond donors (Lipinski definition) is 0. The third-order valence-corrected chi connectivity index (χ3v) is 5.94. The monoisotopic (exact) mass is 324 g/mol. The van der Waals surface area contributed by atoms with E-state index >= 15 is 0 Å². The van der Waals surface area contributed by atoms with Gasteiger partial charge in [0, 0.05) is 0 Å². The lowest BCUT2D eigenvalue weighted by Crippen LogP contribution is -2.33. The van der Waals surface area contributed by atoms with Crippen LogP contribution in [0.5, 0.6) is 0 Å². The highest BCUT2D eigenvalue weighted by Crippen LogP contribution is 2.56. The van der Waals surface area contributed by atoms with Crippen LogP contribution in [0.4, 0.5) is 0 Å². The van der Waals surface area contributed by atoms with Gasteiger partial charge < -0.3 is 13.5 Å². The fourth-order valence-electron chi connectivity index (χ4n) is 1.71. The molecule has 0 bridgehead atoms. The fraction of sp³-hybridized carbons (Fsp3) is 1.00. The van der Waals surface area contributed by atoms with Crippen LogP contribution < -0.4 is 0 Å². The lowest BCUT2D eigenvalue weighted by molar-refractivity contribution is 0.144. The summed E-state index contributed by atoms with van der Waals surface area (Å²) in [6.45, 7) is 13.4. The lowest BCUT2D eigenvalue weighted by Gasteiger charge is -2.31. The molecule has 0 radical (unpaired) electrons. The molecule has 1 unspecified atom stereocenters. The maximum atomic E-state index is 13.1. The molecule has 0 aliphatic carbocycles. The quantitative estimate of drug-likeness (QED) is 0.356. The molecule has 0 amide bonds. The molecule has 0 spiro atoms. The lowest BCUT2D eigenvalue weighted by atomic mass is 10.3. The summed E-state index contributed by atoms with van der Waals surface area (Å²) in [6, 6.07) is 0. The van der Waals surface area contributed by atoms with Gasteiger partial charge in [-0.25, -0.2) is 0 Å². The summed E-state index contributed by atoms with van der Waals surface area (Å²) in [7, 11) is -4.97. The molecule has 0 rings (SSSR count). The van der Waals surface area contributed by atoms with Gasteiger partial charge in [0.1, 0.15) is 5.85 Å². The maximum absolute atomic E-state index is 13.1. The molecule has 122 valence electrons. The minimum atomic E-state index is -3.18. The Hall–Kier alpha value is 0.327. The second-order valence-corrected chi connectivity index (χ2v) is 12.7. The van der Waals surface area contributed by atoms with Crippen molar-refractivity contribution >= 4 is 15.9 Å². The standard InChI is InChI=1S/C14H33O4PSi/c1-7-10-11-14(18-20(4,5)6)19(15,16-12-8-2)17-13-9-3/h14H,7-13H2,1-6H3. The van der Waals surface area contributed by atoms with Crippen LogP contribution in [0.15, 0.2) is 0 Å². The Morgan fingerprint density at radius 1 is 0.950 bits per heavy atom. The molecule has 0 saturated heterocycles. The average molecular weight is 324 g/mol.